The van der Waals surface area contributed by atoms with Crippen molar-refractivity contribution in [1.82, 2.24) is 0 Å². The number of benzene rings is 1. The van der Waals surface area contributed by atoms with Crippen LogP contribution in [0.25, 0.3) is 0 Å². The summed E-state index contributed by atoms with van der Waals surface area (Å²) in [4.78, 5) is 0. The molecule has 0 heterocycles. The van der Waals surface area contributed by atoms with Crippen molar-refractivity contribution in [3.05, 3.63) is 66.5 Å². The second-order valence-electron chi connectivity index (χ2n) is 3.77. The minimum atomic E-state index is -0.0935. The third-order valence-corrected chi connectivity index (χ3v) is 2.24. The van der Waals surface area contributed by atoms with E-state index < -0.39 is 0 Å². The average Bonchev–Trinajstić information content (AvgIpc) is 2.34. The number of para-hydroxylation sites is 1. The van der Waals surface area contributed by atoms with Crippen molar-refractivity contribution < 1.29 is 0 Å². The highest BCUT2D eigenvalue weighted by Crippen LogP contribution is 2.11. The molecule has 0 aromatic heterocycles. The van der Waals surface area contributed by atoms with Crippen LogP contribution in [-0.4, -0.2) is 6.04 Å². The van der Waals surface area contributed by atoms with Crippen LogP contribution in [0.2, 0.25) is 0 Å². The van der Waals surface area contributed by atoms with Crippen molar-refractivity contribution in [2.45, 2.75) is 13.0 Å². The molecule has 1 aromatic carbocycles. The van der Waals surface area contributed by atoms with Crippen molar-refractivity contribution in [2.75, 3.05) is 5.32 Å². The van der Waals surface area contributed by atoms with Gasteiger partial charge >= 0.3 is 0 Å². The Labute approximate surface area is 103 Å². The molecule has 0 aliphatic rings. The monoisotopic (exact) mass is 229 g/mol. The molecular formula is C14H19N3. The van der Waals surface area contributed by atoms with Gasteiger partial charge in [0.1, 0.15) is 0 Å². The fourth-order valence-corrected chi connectivity index (χ4v) is 1.25. The van der Waals surface area contributed by atoms with E-state index >= 15 is 0 Å². The summed E-state index contributed by atoms with van der Waals surface area (Å²) in [6, 6.07) is 9.78. The first-order valence-corrected chi connectivity index (χ1v) is 5.51. The highest BCUT2D eigenvalue weighted by Gasteiger charge is 2.02. The van der Waals surface area contributed by atoms with Crippen LogP contribution in [0.3, 0.4) is 0 Å². The van der Waals surface area contributed by atoms with Gasteiger partial charge in [-0.05, 0) is 37.3 Å². The second kappa shape index (κ2) is 6.55. The summed E-state index contributed by atoms with van der Waals surface area (Å²) in [6.07, 6.45) is 5.24. The largest absolute Gasteiger partial charge is 0.399 e. The summed E-state index contributed by atoms with van der Waals surface area (Å²) in [5.41, 5.74) is 14.0. The van der Waals surface area contributed by atoms with Crippen LogP contribution in [0, 0.1) is 0 Å². The van der Waals surface area contributed by atoms with E-state index in [1.165, 1.54) is 0 Å². The van der Waals surface area contributed by atoms with Gasteiger partial charge in [-0.1, -0.05) is 24.8 Å². The summed E-state index contributed by atoms with van der Waals surface area (Å²) in [5, 5.41) is 3.26. The third-order valence-electron chi connectivity index (χ3n) is 2.24. The van der Waals surface area contributed by atoms with Gasteiger partial charge in [0, 0.05) is 23.1 Å². The Hall–Kier alpha value is -2.00. The topological polar surface area (TPSA) is 64.1 Å². The van der Waals surface area contributed by atoms with Gasteiger partial charge in [-0.3, -0.25) is 0 Å². The second-order valence-corrected chi connectivity index (χ2v) is 3.77. The Morgan fingerprint density at radius 3 is 2.47 bits per heavy atom. The first-order chi connectivity index (χ1) is 8.13. The van der Waals surface area contributed by atoms with Crippen molar-refractivity contribution in [3.8, 4) is 0 Å². The number of nitrogens with one attached hydrogen (secondary N) is 1. The van der Waals surface area contributed by atoms with E-state index in [1.807, 2.05) is 43.3 Å². The summed E-state index contributed by atoms with van der Waals surface area (Å²) >= 11 is 0. The Bertz CT molecular complexity index is 416. The molecule has 0 amide bonds. The summed E-state index contributed by atoms with van der Waals surface area (Å²) < 4.78 is 0. The molecule has 0 spiro atoms. The van der Waals surface area contributed by atoms with E-state index in [-0.39, 0.29) is 6.04 Å². The van der Waals surface area contributed by atoms with E-state index in [4.69, 9.17) is 11.5 Å². The zero-order valence-electron chi connectivity index (χ0n) is 10.1. The summed E-state index contributed by atoms with van der Waals surface area (Å²) in [7, 11) is 0. The van der Waals surface area contributed by atoms with Crippen molar-refractivity contribution in [2.24, 2.45) is 11.5 Å². The van der Waals surface area contributed by atoms with E-state index in [9.17, 15) is 0 Å². The molecule has 1 atom stereocenters. The average molecular weight is 229 g/mol. The lowest BCUT2D eigenvalue weighted by Gasteiger charge is -2.14. The first-order valence-electron chi connectivity index (χ1n) is 5.51. The molecule has 0 saturated carbocycles. The Kier molecular flexibility index (Phi) is 5.04. The highest BCUT2D eigenvalue weighted by molar-refractivity contribution is 5.49. The van der Waals surface area contributed by atoms with Crippen LogP contribution in [0.4, 0.5) is 5.69 Å². The number of allylic oxidation sites excluding steroid dienone is 3. The van der Waals surface area contributed by atoms with Gasteiger partial charge in [0.2, 0.25) is 0 Å². The molecule has 0 radical (unpaired) electrons. The van der Waals surface area contributed by atoms with Gasteiger partial charge in [-0.25, -0.2) is 0 Å². The van der Waals surface area contributed by atoms with Crippen LogP contribution in [0.1, 0.15) is 6.92 Å². The molecule has 90 valence electrons. The smallest absolute Gasteiger partial charge is 0.0419 e. The molecule has 5 N–H and O–H groups in total. The fraction of sp³-hybridized carbons (Fsp3) is 0.143. The Balaban J connectivity index is 2.84. The predicted molar refractivity (Wildman–Crippen MR) is 74.3 cm³/mol. The summed E-state index contributed by atoms with van der Waals surface area (Å²) in [5.74, 6) is 0. The molecular weight excluding hydrogens is 210 g/mol. The van der Waals surface area contributed by atoms with Gasteiger partial charge in [0.25, 0.3) is 0 Å². The van der Waals surface area contributed by atoms with Gasteiger partial charge in [-0.2, -0.15) is 0 Å². The lowest BCUT2D eigenvalue weighted by atomic mass is 10.2. The molecule has 17 heavy (non-hydrogen) atoms. The van der Waals surface area contributed by atoms with E-state index in [0.717, 1.165) is 11.4 Å². The van der Waals surface area contributed by atoms with Gasteiger partial charge in [-0.15, -0.1) is 0 Å². The maximum Gasteiger partial charge on any atom is 0.0419 e. The van der Waals surface area contributed by atoms with Gasteiger partial charge in [0.05, 0.1) is 0 Å². The minimum absolute atomic E-state index is 0.0935. The Morgan fingerprint density at radius 2 is 1.94 bits per heavy atom. The SMILES string of the molecule is C=C/C(N)=C\C=C(\Nc1ccccc1)C(C)N. The minimum Gasteiger partial charge on any atom is -0.399 e. The standard InChI is InChI=1S/C14H19N3/c1-3-12(16)9-10-14(11(2)15)17-13-7-5-4-6-8-13/h3-11,17H,1,15-16H2,2H3/b12-9+,14-10+. The third kappa shape index (κ3) is 4.57. The molecule has 0 bridgehead atoms. The van der Waals surface area contributed by atoms with Gasteiger partial charge < -0.3 is 16.8 Å². The highest BCUT2D eigenvalue weighted by atomic mass is 14.9. The molecule has 0 aliphatic carbocycles. The predicted octanol–water partition coefficient (Wildman–Crippen LogP) is 2.36. The van der Waals surface area contributed by atoms with Crippen molar-refractivity contribution in [3.63, 3.8) is 0 Å². The molecule has 1 aromatic rings. The molecule has 0 saturated heterocycles. The number of hydrogen-bond donors (Lipinski definition) is 3. The molecule has 1 rings (SSSR count). The van der Waals surface area contributed by atoms with Crippen LogP contribution in [0.15, 0.2) is 66.5 Å². The number of rotatable bonds is 5. The maximum atomic E-state index is 5.89. The number of hydrogen-bond acceptors (Lipinski definition) is 3. The maximum absolute atomic E-state index is 5.89. The molecule has 3 heteroatoms. The molecule has 0 aliphatic heterocycles. The van der Waals surface area contributed by atoms with Crippen LogP contribution < -0.4 is 16.8 Å². The Morgan fingerprint density at radius 1 is 1.29 bits per heavy atom. The van der Waals surface area contributed by atoms with Crippen LogP contribution >= 0.6 is 0 Å². The van der Waals surface area contributed by atoms with Crippen molar-refractivity contribution in [1.29, 1.82) is 0 Å². The zero-order chi connectivity index (χ0) is 12.7. The number of nitrogens with two attached hydrogens (primary N) is 2. The fourth-order valence-electron chi connectivity index (χ4n) is 1.25. The van der Waals surface area contributed by atoms with E-state index in [0.29, 0.717) is 5.70 Å². The van der Waals surface area contributed by atoms with Crippen LogP contribution in [0.5, 0.6) is 0 Å². The van der Waals surface area contributed by atoms with E-state index in [1.54, 1.807) is 12.2 Å². The van der Waals surface area contributed by atoms with Crippen molar-refractivity contribution >= 4 is 5.69 Å². The quantitative estimate of drug-likeness (QED) is 0.679. The van der Waals surface area contributed by atoms with Gasteiger partial charge in [0.15, 0.2) is 0 Å². The van der Waals surface area contributed by atoms with E-state index in [2.05, 4.69) is 11.9 Å². The summed E-state index contributed by atoms with van der Waals surface area (Å²) in [6.45, 7) is 5.51. The molecule has 3 nitrogen and oxygen atoms in total. The molecule has 1 unspecified atom stereocenters. The lowest BCUT2D eigenvalue weighted by Crippen LogP contribution is -2.23. The first kappa shape index (κ1) is 13.1. The van der Waals surface area contributed by atoms with Crippen LogP contribution in [-0.2, 0) is 0 Å². The normalized spacial score (nSPS) is 14.2. The molecule has 0 fully saturated rings. The zero-order valence-corrected chi connectivity index (χ0v) is 10.1. The number of anilines is 1. The lowest BCUT2D eigenvalue weighted by molar-refractivity contribution is 0.866.